The van der Waals surface area contributed by atoms with Crippen LogP contribution in [-0.2, 0) is 17.8 Å². The van der Waals surface area contributed by atoms with E-state index in [-0.39, 0.29) is 11.6 Å². The Labute approximate surface area is 133 Å². The highest BCUT2D eigenvalue weighted by Gasteiger charge is 2.04. The molecule has 3 aromatic rings. The molecule has 23 heavy (non-hydrogen) atoms. The monoisotopic (exact) mass is 309 g/mol. The molecule has 2 aromatic carbocycles. The molecule has 1 heterocycles. The summed E-state index contributed by atoms with van der Waals surface area (Å²) in [5, 5.41) is 2.91. The highest BCUT2D eigenvalue weighted by atomic mass is 16.1. The van der Waals surface area contributed by atoms with E-state index in [4.69, 9.17) is 0 Å². The molecule has 0 bridgehead atoms. The quantitative estimate of drug-likeness (QED) is 0.677. The van der Waals surface area contributed by atoms with Crippen molar-refractivity contribution in [2.45, 2.75) is 26.3 Å². The molecule has 1 amide bonds. The first kappa shape index (κ1) is 15.1. The lowest BCUT2D eigenvalue weighted by molar-refractivity contribution is -0.121. The van der Waals surface area contributed by atoms with Crippen LogP contribution in [0.4, 0.5) is 0 Å². The molecule has 0 aliphatic carbocycles. The van der Waals surface area contributed by atoms with Crippen LogP contribution < -0.4 is 11.0 Å². The summed E-state index contributed by atoms with van der Waals surface area (Å²) in [6.45, 7) is 2.50. The van der Waals surface area contributed by atoms with Crippen LogP contribution in [0.2, 0.25) is 0 Å². The van der Waals surface area contributed by atoms with Gasteiger partial charge in [0.2, 0.25) is 5.91 Å². The lowest BCUT2D eigenvalue weighted by Gasteiger charge is -2.06. The van der Waals surface area contributed by atoms with Gasteiger partial charge in [-0.25, -0.2) is 4.79 Å². The molecule has 1 aromatic heterocycles. The van der Waals surface area contributed by atoms with Gasteiger partial charge < -0.3 is 15.3 Å². The number of amides is 1. The second-order valence-corrected chi connectivity index (χ2v) is 5.72. The Hall–Kier alpha value is -2.82. The van der Waals surface area contributed by atoms with Crippen molar-refractivity contribution in [3.63, 3.8) is 0 Å². The molecular weight excluding hydrogens is 290 g/mol. The number of benzene rings is 2. The van der Waals surface area contributed by atoms with Crippen molar-refractivity contribution in [2.75, 3.05) is 0 Å². The molecule has 0 saturated carbocycles. The minimum absolute atomic E-state index is 0.0224. The number of nitrogens with one attached hydrogen (secondary N) is 3. The number of H-pyrrole nitrogens is 2. The first-order valence-electron chi connectivity index (χ1n) is 7.63. The van der Waals surface area contributed by atoms with Crippen LogP contribution in [0.3, 0.4) is 0 Å². The van der Waals surface area contributed by atoms with Gasteiger partial charge in [-0.15, -0.1) is 0 Å². The van der Waals surface area contributed by atoms with Gasteiger partial charge in [0.1, 0.15) is 0 Å². The van der Waals surface area contributed by atoms with Gasteiger partial charge in [0, 0.05) is 13.0 Å². The Balaban J connectivity index is 1.54. The van der Waals surface area contributed by atoms with E-state index in [2.05, 4.69) is 21.4 Å². The van der Waals surface area contributed by atoms with E-state index in [0.717, 1.165) is 23.0 Å². The maximum absolute atomic E-state index is 12.0. The zero-order valence-electron chi connectivity index (χ0n) is 13.0. The summed E-state index contributed by atoms with van der Waals surface area (Å²) in [6.07, 6.45) is 1.20. The average Bonchev–Trinajstić information content (AvgIpc) is 2.90. The van der Waals surface area contributed by atoms with E-state index < -0.39 is 0 Å². The molecule has 0 atom stereocenters. The lowest BCUT2D eigenvalue weighted by atomic mass is 10.1. The van der Waals surface area contributed by atoms with E-state index in [1.807, 2.05) is 43.3 Å². The number of aromatic amines is 2. The summed E-state index contributed by atoms with van der Waals surface area (Å²) < 4.78 is 0. The molecule has 0 fully saturated rings. The van der Waals surface area contributed by atoms with E-state index >= 15 is 0 Å². The molecule has 0 radical (unpaired) electrons. The van der Waals surface area contributed by atoms with Crippen molar-refractivity contribution in [1.29, 1.82) is 0 Å². The Morgan fingerprint density at radius 1 is 1.04 bits per heavy atom. The second kappa shape index (κ2) is 6.52. The van der Waals surface area contributed by atoms with Gasteiger partial charge in [-0.2, -0.15) is 0 Å². The number of hydrogen-bond donors (Lipinski definition) is 3. The van der Waals surface area contributed by atoms with Crippen molar-refractivity contribution in [1.82, 2.24) is 15.3 Å². The molecule has 0 saturated heterocycles. The van der Waals surface area contributed by atoms with Crippen LogP contribution in [0.25, 0.3) is 11.0 Å². The highest BCUT2D eigenvalue weighted by molar-refractivity contribution is 5.77. The minimum Gasteiger partial charge on any atom is -0.352 e. The Bertz CT molecular complexity index is 892. The molecular formula is C18H19N3O2. The number of hydrogen-bond acceptors (Lipinski definition) is 2. The Kier molecular flexibility index (Phi) is 4.28. The van der Waals surface area contributed by atoms with Gasteiger partial charge in [0.05, 0.1) is 11.0 Å². The molecule has 3 N–H and O–H groups in total. The van der Waals surface area contributed by atoms with Crippen molar-refractivity contribution in [3.8, 4) is 0 Å². The van der Waals surface area contributed by atoms with Gasteiger partial charge in [0.25, 0.3) is 0 Å². The molecule has 5 nitrogen and oxygen atoms in total. The SMILES string of the molecule is Cc1cccc(CCC(=O)NCc2ccc3[nH]c(=O)[nH]c3c2)c1. The fraction of sp³-hybridized carbons (Fsp3) is 0.222. The predicted molar refractivity (Wildman–Crippen MR) is 90.3 cm³/mol. The molecule has 0 aliphatic rings. The van der Waals surface area contributed by atoms with Crippen LogP contribution in [-0.4, -0.2) is 15.9 Å². The smallest absolute Gasteiger partial charge is 0.323 e. The van der Waals surface area contributed by atoms with Crippen LogP contribution in [0, 0.1) is 6.92 Å². The molecule has 0 aliphatic heterocycles. The number of carbonyl (C=O) groups is 1. The third kappa shape index (κ3) is 3.88. The third-order valence-electron chi connectivity index (χ3n) is 3.79. The Morgan fingerprint density at radius 2 is 1.87 bits per heavy atom. The topological polar surface area (TPSA) is 77.8 Å². The normalized spacial score (nSPS) is 10.8. The summed E-state index contributed by atoms with van der Waals surface area (Å²) in [5.41, 5.74) is 4.63. The number of imidazole rings is 1. The summed E-state index contributed by atoms with van der Waals surface area (Å²) in [4.78, 5) is 28.6. The number of fused-ring (bicyclic) bond motifs is 1. The van der Waals surface area contributed by atoms with Crippen molar-refractivity contribution < 1.29 is 4.79 Å². The van der Waals surface area contributed by atoms with Gasteiger partial charge in [-0.1, -0.05) is 35.9 Å². The molecule has 3 rings (SSSR count). The molecule has 0 unspecified atom stereocenters. The standard InChI is InChI=1S/C18H19N3O2/c1-12-3-2-4-13(9-12)6-8-17(22)19-11-14-5-7-15-16(10-14)21-18(23)20-15/h2-5,7,9-10H,6,8,11H2,1H3,(H,19,22)(H2,20,21,23). The fourth-order valence-electron chi connectivity index (χ4n) is 2.60. The van der Waals surface area contributed by atoms with E-state index in [1.165, 1.54) is 11.1 Å². The number of aryl methyl sites for hydroxylation is 2. The molecule has 118 valence electrons. The average molecular weight is 309 g/mol. The van der Waals surface area contributed by atoms with Crippen LogP contribution in [0.1, 0.15) is 23.1 Å². The number of carbonyl (C=O) groups excluding carboxylic acids is 1. The van der Waals surface area contributed by atoms with Gasteiger partial charge in [-0.3, -0.25) is 4.79 Å². The number of rotatable bonds is 5. The zero-order valence-corrected chi connectivity index (χ0v) is 13.0. The van der Waals surface area contributed by atoms with Crippen molar-refractivity contribution in [3.05, 3.63) is 69.6 Å². The molecule has 0 spiro atoms. The summed E-state index contributed by atoms with van der Waals surface area (Å²) >= 11 is 0. The molecule has 5 heteroatoms. The summed E-state index contributed by atoms with van der Waals surface area (Å²) in [6, 6.07) is 13.8. The minimum atomic E-state index is -0.223. The highest BCUT2D eigenvalue weighted by Crippen LogP contribution is 2.10. The fourth-order valence-corrected chi connectivity index (χ4v) is 2.60. The van der Waals surface area contributed by atoms with Crippen molar-refractivity contribution in [2.24, 2.45) is 0 Å². The summed E-state index contributed by atoms with van der Waals surface area (Å²) in [5.74, 6) is 0.0224. The first-order chi connectivity index (χ1) is 11.1. The predicted octanol–water partition coefficient (Wildman–Crippen LogP) is 2.41. The summed E-state index contributed by atoms with van der Waals surface area (Å²) in [7, 11) is 0. The van der Waals surface area contributed by atoms with Gasteiger partial charge in [0.15, 0.2) is 0 Å². The van der Waals surface area contributed by atoms with Gasteiger partial charge >= 0.3 is 5.69 Å². The van der Waals surface area contributed by atoms with Crippen LogP contribution in [0.5, 0.6) is 0 Å². The maximum Gasteiger partial charge on any atom is 0.323 e. The zero-order chi connectivity index (χ0) is 16.2. The largest absolute Gasteiger partial charge is 0.352 e. The van der Waals surface area contributed by atoms with E-state index in [1.54, 1.807) is 0 Å². The van der Waals surface area contributed by atoms with E-state index in [0.29, 0.717) is 13.0 Å². The van der Waals surface area contributed by atoms with Crippen LogP contribution in [0.15, 0.2) is 47.3 Å². The van der Waals surface area contributed by atoms with E-state index in [9.17, 15) is 9.59 Å². The van der Waals surface area contributed by atoms with Crippen molar-refractivity contribution >= 4 is 16.9 Å². The first-order valence-corrected chi connectivity index (χ1v) is 7.63. The Morgan fingerprint density at radius 3 is 2.70 bits per heavy atom. The van der Waals surface area contributed by atoms with Crippen LogP contribution >= 0.6 is 0 Å². The maximum atomic E-state index is 12.0. The van der Waals surface area contributed by atoms with Gasteiger partial charge in [-0.05, 0) is 36.6 Å². The third-order valence-corrected chi connectivity index (χ3v) is 3.79. The lowest BCUT2D eigenvalue weighted by Crippen LogP contribution is -2.22. The number of aromatic nitrogens is 2. The second-order valence-electron chi connectivity index (χ2n) is 5.72.